The first-order chi connectivity index (χ1) is 19.7. The van der Waals surface area contributed by atoms with Gasteiger partial charge in [-0.1, -0.05) is 0 Å². The highest BCUT2D eigenvalue weighted by molar-refractivity contribution is 7.85. The second-order valence-electron chi connectivity index (χ2n) is 10.2. The number of anilines is 2. The summed E-state index contributed by atoms with van der Waals surface area (Å²) in [6, 6.07) is 12.0. The lowest BCUT2D eigenvalue weighted by atomic mass is 10.1. The van der Waals surface area contributed by atoms with E-state index in [1.165, 1.54) is 0 Å². The number of hydrogen-bond acceptors (Lipinski definition) is 10. The molecule has 5 rings (SSSR count). The minimum atomic E-state index is -3.47. The summed E-state index contributed by atoms with van der Waals surface area (Å²) in [4.78, 5) is 14.1. The minimum absolute atomic E-state index is 0.0944. The summed E-state index contributed by atoms with van der Waals surface area (Å²) < 4.78 is 41.1. The van der Waals surface area contributed by atoms with Gasteiger partial charge in [0.25, 0.3) is 10.1 Å². The lowest BCUT2D eigenvalue weighted by Gasteiger charge is -2.29. The van der Waals surface area contributed by atoms with Crippen molar-refractivity contribution in [3.63, 3.8) is 0 Å². The molecular weight excluding hydrogens is 544 g/mol. The SMILES string of the molecule is COc1cc(OC)cc(N(CCCN2CCC[C@H]2COS(C)(=O)=O)c2ccc3ncc(-c4cnn(C)c4)nc3c2)c1. The molecule has 0 radical (unpaired) electrons. The number of nitrogens with zero attached hydrogens (tertiary/aromatic N) is 6. The Morgan fingerprint density at radius 2 is 1.80 bits per heavy atom. The molecule has 0 saturated carbocycles. The van der Waals surface area contributed by atoms with E-state index in [-0.39, 0.29) is 12.6 Å². The summed E-state index contributed by atoms with van der Waals surface area (Å²) in [6.45, 7) is 2.63. The van der Waals surface area contributed by atoms with Crippen LogP contribution in [0.1, 0.15) is 19.3 Å². The lowest BCUT2D eigenvalue weighted by molar-refractivity contribution is 0.177. The Kier molecular flexibility index (Phi) is 8.71. The fraction of sp³-hybridized carbons (Fsp3) is 0.414. The normalized spacial score (nSPS) is 15.9. The zero-order valence-corrected chi connectivity index (χ0v) is 24.7. The number of aromatic nitrogens is 4. The van der Waals surface area contributed by atoms with E-state index in [1.54, 1.807) is 31.3 Å². The molecule has 0 N–H and O–H groups in total. The van der Waals surface area contributed by atoms with Gasteiger partial charge in [0.2, 0.25) is 0 Å². The van der Waals surface area contributed by atoms with E-state index in [0.717, 1.165) is 72.3 Å². The molecule has 41 heavy (non-hydrogen) atoms. The molecule has 11 nitrogen and oxygen atoms in total. The van der Waals surface area contributed by atoms with Crippen molar-refractivity contribution < 1.29 is 22.1 Å². The van der Waals surface area contributed by atoms with E-state index in [2.05, 4.69) is 19.9 Å². The van der Waals surface area contributed by atoms with Crippen molar-refractivity contribution in [2.45, 2.75) is 25.3 Å². The molecule has 1 aliphatic heterocycles. The van der Waals surface area contributed by atoms with Gasteiger partial charge in [-0.3, -0.25) is 18.7 Å². The molecule has 2 aromatic heterocycles. The number of fused-ring (bicyclic) bond motifs is 1. The summed E-state index contributed by atoms with van der Waals surface area (Å²) in [5.41, 5.74) is 5.13. The second-order valence-corrected chi connectivity index (χ2v) is 11.9. The first-order valence-corrected chi connectivity index (χ1v) is 15.4. The first kappa shape index (κ1) is 28.8. The molecular formula is C29H36N6O5S. The summed E-state index contributed by atoms with van der Waals surface area (Å²) in [5, 5.41) is 4.26. The van der Waals surface area contributed by atoms with Crippen molar-refractivity contribution >= 4 is 32.5 Å². The van der Waals surface area contributed by atoms with Crippen LogP contribution in [-0.4, -0.2) is 85.8 Å². The van der Waals surface area contributed by atoms with Crippen LogP contribution in [0.25, 0.3) is 22.3 Å². The number of rotatable bonds is 12. The number of hydrogen-bond donors (Lipinski definition) is 0. The van der Waals surface area contributed by atoms with Gasteiger partial charge in [-0.25, -0.2) is 4.98 Å². The van der Waals surface area contributed by atoms with Crippen LogP contribution in [0.4, 0.5) is 11.4 Å². The van der Waals surface area contributed by atoms with Crippen LogP contribution >= 0.6 is 0 Å². The average molecular weight is 581 g/mol. The maximum Gasteiger partial charge on any atom is 0.264 e. The molecule has 0 amide bonds. The molecule has 0 aliphatic carbocycles. The van der Waals surface area contributed by atoms with Gasteiger partial charge in [0.05, 0.1) is 56.2 Å². The van der Waals surface area contributed by atoms with Gasteiger partial charge >= 0.3 is 0 Å². The molecule has 2 aromatic carbocycles. The van der Waals surface area contributed by atoms with Crippen LogP contribution in [0.3, 0.4) is 0 Å². The van der Waals surface area contributed by atoms with Gasteiger partial charge < -0.3 is 14.4 Å². The summed E-state index contributed by atoms with van der Waals surface area (Å²) in [7, 11) is 1.69. The van der Waals surface area contributed by atoms with Crippen molar-refractivity contribution in [3.8, 4) is 22.8 Å². The molecule has 1 saturated heterocycles. The minimum Gasteiger partial charge on any atom is -0.497 e. The third-order valence-corrected chi connectivity index (χ3v) is 7.85. The molecule has 0 spiro atoms. The second kappa shape index (κ2) is 12.4. The third kappa shape index (κ3) is 7.13. The van der Waals surface area contributed by atoms with E-state index in [4.69, 9.17) is 18.6 Å². The molecule has 4 aromatic rings. The highest BCUT2D eigenvalue weighted by Crippen LogP contribution is 2.34. The fourth-order valence-electron chi connectivity index (χ4n) is 5.23. The largest absolute Gasteiger partial charge is 0.497 e. The number of methoxy groups -OCH3 is 2. The van der Waals surface area contributed by atoms with Crippen LogP contribution in [-0.2, 0) is 21.3 Å². The van der Waals surface area contributed by atoms with Crippen LogP contribution in [0.5, 0.6) is 11.5 Å². The average Bonchev–Trinajstić information content (AvgIpc) is 3.61. The highest BCUT2D eigenvalue weighted by Gasteiger charge is 2.26. The van der Waals surface area contributed by atoms with E-state index in [0.29, 0.717) is 18.0 Å². The molecule has 12 heteroatoms. The highest BCUT2D eigenvalue weighted by atomic mass is 32.2. The Labute approximate surface area is 240 Å². The molecule has 0 bridgehead atoms. The molecule has 218 valence electrons. The van der Waals surface area contributed by atoms with Gasteiger partial charge in [-0.15, -0.1) is 0 Å². The maximum atomic E-state index is 11.5. The summed E-state index contributed by atoms with van der Waals surface area (Å²) in [5.74, 6) is 1.39. The zero-order valence-electron chi connectivity index (χ0n) is 23.9. The van der Waals surface area contributed by atoms with E-state index < -0.39 is 10.1 Å². The first-order valence-electron chi connectivity index (χ1n) is 13.6. The Morgan fingerprint density at radius 1 is 1.02 bits per heavy atom. The van der Waals surface area contributed by atoms with Crippen molar-refractivity contribution in [2.75, 3.05) is 51.6 Å². The zero-order chi connectivity index (χ0) is 29.0. The Hall–Kier alpha value is -3.74. The van der Waals surface area contributed by atoms with E-state index in [9.17, 15) is 8.42 Å². The van der Waals surface area contributed by atoms with Crippen LogP contribution < -0.4 is 14.4 Å². The predicted octanol–water partition coefficient (Wildman–Crippen LogP) is 4.02. The van der Waals surface area contributed by atoms with Crippen molar-refractivity contribution in [1.29, 1.82) is 0 Å². The standard InChI is InChI=1S/C29H36N6O5S/c1-33-19-21(17-31-33)29-18-30-27-9-8-22(15-28(27)32-29)35(24-13-25(38-2)16-26(14-24)39-3)12-6-11-34-10-5-7-23(34)20-40-41(4,36)37/h8-9,13-19,23H,5-7,10-12,20H2,1-4H3/t23-/m0/s1. The van der Waals surface area contributed by atoms with E-state index in [1.807, 2.05) is 49.6 Å². The number of likely N-dealkylation sites (tertiary alicyclic amines) is 1. The number of aryl methyl sites for hydroxylation is 1. The quantitative estimate of drug-likeness (QED) is 0.228. The van der Waals surface area contributed by atoms with Crippen LogP contribution in [0.2, 0.25) is 0 Å². The van der Waals surface area contributed by atoms with Gasteiger partial charge in [0.1, 0.15) is 11.5 Å². The topological polar surface area (TPSA) is 112 Å². The molecule has 1 atom stereocenters. The van der Waals surface area contributed by atoms with Gasteiger partial charge in [-0.2, -0.15) is 13.5 Å². The van der Waals surface area contributed by atoms with Gasteiger partial charge in [0, 0.05) is 67.5 Å². The third-order valence-electron chi connectivity index (χ3n) is 7.29. The molecule has 1 fully saturated rings. The van der Waals surface area contributed by atoms with Crippen molar-refractivity contribution in [2.24, 2.45) is 7.05 Å². The van der Waals surface area contributed by atoms with Gasteiger partial charge in [0.15, 0.2) is 0 Å². The summed E-state index contributed by atoms with van der Waals surface area (Å²) >= 11 is 0. The molecule has 0 unspecified atom stereocenters. The molecule has 1 aliphatic rings. The Morgan fingerprint density at radius 3 is 2.49 bits per heavy atom. The van der Waals surface area contributed by atoms with Gasteiger partial charge in [-0.05, 0) is 44.0 Å². The van der Waals surface area contributed by atoms with Crippen molar-refractivity contribution in [1.82, 2.24) is 24.6 Å². The smallest absolute Gasteiger partial charge is 0.264 e. The van der Waals surface area contributed by atoms with Crippen LogP contribution in [0, 0.1) is 0 Å². The monoisotopic (exact) mass is 580 g/mol. The Balaban J connectivity index is 1.42. The number of benzene rings is 2. The van der Waals surface area contributed by atoms with Crippen molar-refractivity contribution in [3.05, 3.63) is 55.0 Å². The molecule has 3 heterocycles. The fourth-order valence-corrected chi connectivity index (χ4v) is 5.63. The maximum absolute atomic E-state index is 11.5. The van der Waals surface area contributed by atoms with E-state index >= 15 is 0 Å². The Bertz CT molecular complexity index is 1590. The summed E-state index contributed by atoms with van der Waals surface area (Å²) in [6.07, 6.45) is 9.35. The van der Waals surface area contributed by atoms with Crippen LogP contribution in [0.15, 0.2) is 55.0 Å². The predicted molar refractivity (Wildman–Crippen MR) is 158 cm³/mol. The number of ether oxygens (including phenoxy) is 2. The lowest BCUT2D eigenvalue weighted by Crippen LogP contribution is -2.35.